The van der Waals surface area contributed by atoms with Gasteiger partial charge < -0.3 is 15.2 Å². The van der Waals surface area contributed by atoms with E-state index in [0.717, 1.165) is 6.07 Å². The second-order valence-electron chi connectivity index (χ2n) is 8.00. The van der Waals surface area contributed by atoms with Crippen molar-refractivity contribution in [3.63, 3.8) is 0 Å². The fourth-order valence-electron chi connectivity index (χ4n) is 3.93. The summed E-state index contributed by atoms with van der Waals surface area (Å²) in [6.07, 6.45) is 0.190. The number of fused-ring (bicyclic) bond motifs is 1. The zero-order chi connectivity index (χ0) is 27.6. The zero-order valence-corrected chi connectivity index (χ0v) is 25.4. The van der Waals surface area contributed by atoms with Crippen LogP contribution in [-0.2, 0) is 16.5 Å². The Kier molecular flexibility index (Phi) is 10.0. The number of ether oxygens (including phenoxy) is 1. The van der Waals surface area contributed by atoms with Crippen molar-refractivity contribution in [2.75, 3.05) is 12.4 Å². The number of carbonyl (C=O) groups is 1. The largest absolute Gasteiger partial charge is 1.00 e. The van der Waals surface area contributed by atoms with Crippen molar-refractivity contribution in [3.8, 4) is 11.5 Å². The maximum atomic E-state index is 13.4. The van der Waals surface area contributed by atoms with Crippen molar-refractivity contribution in [1.29, 1.82) is 0 Å². The van der Waals surface area contributed by atoms with Gasteiger partial charge in [0, 0.05) is 10.9 Å². The monoisotopic (exact) mass is 595 g/mol. The number of halogens is 2. The van der Waals surface area contributed by atoms with Gasteiger partial charge >= 0.3 is 29.6 Å². The van der Waals surface area contributed by atoms with E-state index in [1.165, 1.54) is 19.2 Å². The van der Waals surface area contributed by atoms with Crippen molar-refractivity contribution < 1.29 is 57.2 Å². The number of methoxy groups -OCH3 is 1. The molecule has 1 amide bonds. The third-order valence-corrected chi connectivity index (χ3v) is 7.37. The van der Waals surface area contributed by atoms with Gasteiger partial charge in [-0.05, 0) is 47.7 Å². The van der Waals surface area contributed by atoms with Crippen LogP contribution in [0.4, 0.5) is 17.1 Å². The van der Waals surface area contributed by atoms with E-state index in [-0.39, 0.29) is 84.9 Å². The van der Waals surface area contributed by atoms with Crippen LogP contribution in [0.2, 0.25) is 10.0 Å². The van der Waals surface area contributed by atoms with Crippen LogP contribution >= 0.6 is 23.2 Å². The number of rotatable bonds is 7. The van der Waals surface area contributed by atoms with Gasteiger partial charge in [-0.25, -0.2) is 0 Å². The Morgan fingerprint density at radius 3 is 2.46 bits per heavy atom. The van der Waals surface area contributed by atoms with Gasteiger partial charge in [-0.3, -0.25) is 9.35 Å². The Hall–Kier alpha value is -2.70. The van der Waals surface area contributed by atoms with E-state index in [1.807, 2.05) is 0 Å². The van der Waals surface area contributed by atoms with Crippen LogP contribution in [0.3, 0.4) is 0 Å². The van der Waals surface area contributed by atoms with Gasteiger partial charge in [0.1, 0.15) is 5.69 Å². The summed E-state index contributed by atoms with van der Waals surface area (Å²) in [6.45, 7) is 1.66. The minimum Gasteiger partial charge on any atom is -0.870 e. The molecule has 0 aliphatic heterocycles. The molecule has 2 N–H and O–H groups in total. The molecule has 196 valence electrons. The number of anilines is 1. The molecule has 39 heavy (non-hydrogen) atoms. The molecule has 0 bridgehead atoms. The molecular weight excluding hydrogens is 576 g/mol. The predicted octanol–water partition coefficient (Wildman–Crippen LogP) is 3.71. The van der Waals surface area contributed by atoms with Gasteiger partial charge in [-0.2, -0.15) is 13.5 Å². The number of amides is 1. The van der Waals surface area contributed by atoms with Crippen molar-refractivity contribution in [3.05, 3.63) is 81.8 Å². The first-order chi connectivity index (χ1) is 18.1. The number of hydrogen-bond acceptors (Lipinski definition) is 7. The van der Waals surface area contributed by atoms with Gasteiger partial charge in [0.2, 0.25) is 0 Å². The van der Waals surface area contributed by atoms with Gasteiger partial charge in [-0.1, -0.05) is 66.2 Å². The van der Waals surface area contributed by atoms with E-state index in [0.29, 0.717) is 10.8 Å². The average Bonchev–Trinajstić information content (AvgIpc) is 2.87. The van der Waals surface area contributed by atoms with Crippen molar-refractivity contribution in [1.82, 2.24) is 0 Å². The number of nitrogens with zero attached hydrogens (tertiary/aromatic N) is 2. The minimum absolute atomic E-state index is 0. The Morgan fingerprint density at radius 2 is 1.79 bits per heavy atom. The number of para-hydroxylation sites is 1. The molecule has 13 heteroatoms. The predicted molar refractivity (Wildman–Crippen MR) is 144 cm³/mol. The van der Waals surface area contributed by atoms with Crippen LogP contribution < -0.4 is 44.7 Å². The summed E-state index contributed by atoms with van der Waals surface area (Å²) in [5.74, 6) is -1.15. The van der Waals surface area contributed by atoms with Crippen LogP contribution in [0.15, 0.2) is 75.8 Å². The standard InChI is InChI=1S/C26H21Cl2N3O6S.Na/c1-3-15-21(38(34,35)36)12-11-19(22(15)28)30-31-23-16-8-5-4-7-14(16)13-17(24(23)32)26(33)29-20-10-6-9-18(27)25(20)37-2;/h4-13,32H,3H2,1-2H3,(H,29,33)(H,34,35,36);/q;+1/p-1. The molecule has 0 radical (unpaired) electrons. The topological polar surface area (TPSA) is 140 Å². The molecule has 0 saturated heterocycles. The van der Waals surface area contributed by atoms with Crippen LogP contribution in [-0.4, -0.2) is 26.0 Å². The molecule has 4 aromatic rings. The Bertz CT molecular complexity index is 1710. The van der Waals surface area contributed by atoms with Crippen molar-refractivity contribution >= 4 is 67.1 Å². The normalized spacial score (nSPS) is 11.4. The summed E-state index contributed by atoms with van der Waals surface area (Å²) < 4.78 is 38.1. The van der Waals surface area contributed by atoms with E-state index in [1.54, 1.807) is 49.4 Å². The van der Waals surface area contributed by atoms with Crippen LogP contribution in [0, 0.1) is 0 Å². The fraction of sp³-hybridized carbons (Fsp3) is 0.115. The maximum absolute atomic E-state index is 13.4. The molecule has 0 saturated carbocycles. The molecule has 0 spiro atoms. The first-order valence-electron chi connectivity index (χ1n) is 11.1. The molecule has 0 aromatic heterocycles. The van der Waals surface area contributed by atoms with Crippen LogP contribution in [0.1, 0.15) is 22.8 Å². The zero-order valence-electron chi connectivity index (χ0n) is 21.0. The first-order valence-corrected chi connectivity index (χ1v) is 13.3. The number of carbonyl (C=O) groups excluding carboxylic acids is 1. The number of benzene rings is 4. The smallest absolute Gasteiger partial charge is 0.870 e. The summed E-state index contributed by atoms with van der Waals surface area (Å²) in [7, 11) is -3.10. The molecule has 4 rings (SSSR count). The SMILES string of the molecule is CCc1c(S(=O)(=O)O)ccc(N=Nc2c([O-])c(C(=O)Nc3cccc(Cl)c3OC)cc3ccccc23)c1Cl.[Na+]. The van der Waals surface area contributed by atoms with E-state index < -0.39 is 21.8 Å². The minimum atomic E-state index is -4.50. The molecular formula is C26H20Cl2N3NaO6S. The molecule has 9 nitrogen and oxygen atoms in total. The number of azo groups is 1. The molecule has 0 heterocycles. The molecule has 0 unspecified atom stereocenters. The van der Waals surface area contributed by atoms with E-state index in [2.05, 4.69) is 15.5 Å². The Labute approximate surface area is 256 Å². The van der Waals surface area contributed by atoms with Gasteiger partial charge in [0.25, 0.3) is 16.0 Å². The summed E-state index contributed by atoms with van der Waals surface area (Å²) in [4.78, 5) is 12.8. The molecule has 0 atom stereocenters. The molecule has 0 fully saturated rings. The van der Waals surface area contributed by atoms with E-state index >= 15 is 0 Å². The Balaban J connectivity index is 0.00000420. The van der Waals surface area contributed by atoms with Gasteiger partial charge in [-0.15, -0.1) is 5.11 Å². The summed E-state index contributed by atoms with van der Waals surface area (Å²) in [6, 6.07) is 15.5. The first kappa shape index (κ1) is 30.8. The summed E-state index contributed by atoms with van der Waals surface area (Å²) in [5.41, 5.74) is 0.207. The number of nitrogens with one attached hydrogen (secondary N) is 1. The summed E-state index contributed by atoms with van der Waals surface area (Å²) >= 11 is 12.5. The maximum Gasteiger partial charge on any atom is 1.00 e. The Morgan fingerprint density at radius 1 is 1.08 bits per heavy atom. The van der Waals surface area contributed by atoms with Crippen molar-refractivity contribution in [2.24, 2.45) is 10.2 Å². The van der Waals surface area contributed by atoms with E-state index in [9.17, 15) is 22.9 Å². The fourth-order valence-corrected chi connectivity index (χ4v) is 5.37. The van der Waals surface area contributed by atoms with Gasteiger partial charge in [0.15, 0.2) is 5.75 Å². The molecule has 0 aliphatic carbocycles. The average molecular weight is 596 g/mol. The third-order valence-electron chi connectivity index (χ3n) is 5.71. The molecule has 0 aliphatic rings. The summed E-state index contributed by atoms with van der Waals surface area (Å²) in [5, 5.41) is 25.5. The quantitative estimate of drug-likeness (QED) is 0.189. The number of hydrogen-bond donors (Lipinski definition) is 2. The van der Waals surface area contributed by atoms with Crippen LogP contribution in [0.25, 0.3) is 10.8 Å². The van der Waals surface area contributed by atoms with Gasteiger partial charge in [0.05, 0.1) is 33.4 Å². The molecule has 4 aromatic carbocycles. The van der Waals surface area contributed by atoms with Crippen LogP contribution in [0.5, 0.6) is 11.5 Å². The van der Waals surface area contributed by atoms with Crippen molar-refractivity contribution in [2.45, 2.75) is 18.2 Å². The third kappa shape index (κ3) is 6.38. The second-order valence-corrected chi connectivity index (χ2v) is 10.2. The second kappa shape index (κ2) is 12.6. The van der Waals surface area contributed by atoms with E-state index in [4.69, 9.17) is 27.9 Å².